The van der Waals surface area contributed by atoms with Crippen LogP contribution in [0.25, 0.3) is 0 Å². The number of nitrogens with one attached hydrogen (secondary N) is 2. The number of nitrogens with zero attached hydrogens (tertiary/aromatic N) is 1. The molecular formula is C12H12F3N3O2. The van der Waals surface area contributed by atoms with Crippen LogP contribution in [0.2, 0.25) is 0 Å². The largest absolute Gasteiger partial charge is 0.484 e. The molecule has 1 aromatic heterocycles. The third-order valence-electron chi connectivity index (χ3n) is 3.31. The van der Waals surface area contributed by atoms with Gasteiger partial charge in [-0.25, -0.2) is 4.98 Å². The van der Waals surface area contributed by atoms with Gasteiger partial charge in [0, 0.05) is 13.1 Å². The standard InChI is InChI=1S/C12H12F3N3O2/c13-12(14,15)10(19)18-9-2-1-8-7(17-9)5-16-6-11(20-8)3-4-11/h1-2,16H,3-6H2,(H,17,18,19). The summed E-state index contributed by atoms with van der Waals surface area (Å²) in [5, 5.41) is 4.87. The van der Waals surface area contributed by atoms with Gasteiger partial charge in [0.25, 0.3) is 0 Å². The van der Waals surface area contributed by atoms with Gasteiger partial charge in [0.2, 0.25) is 0 Å². The molecule has 1 aliphatic carbocycles. The van der Waals surface area contributed by atoms with Gasteiger partial charge in [-0.05, 0) is 25.0 Å². The first-order chi connectivity index (χ1) is 9.38. The number of fused-ring (bicyclic) bond motifs is 1. The summed E-state index contributed by atoms with van der Waals surface area (Å²) in [5.74, 6) is -1.62. The highest BCUT2D eigenvalue weighted by Gasteiger charge is 2.46. The molecule has 1 saturated carbocycles. The molecule has 3 rings (SSSR count). The average molecular weight is 287 g/mol. The summed E-state index contributed by atoms with van der Waals surface area (Å²) in [6.07, 6.45) is -3.03. The van der Waals surface area contributed by atoms with Crippen LogP contribution in [-0.4, -0.2) is 29.2 Å². The van der Waals surface area contributed by atoms with Crippen LogP contribution >= 0.6 is 0 Å². The predicted molar refractivity (Wildman–Crippen MR) is 63.2 cm³/mol. The Morgan fingerprint density at radius 3 is 2.80 bits per heavy atom. The Morgan fingerprint density at radius 2 is 2.15 bits per heavy atom. The number of carbonyl (C=O) groups excluding carboxylic acids is 1. The second-order valence-electron chi connectivity index (χ2n) is 4.98. The molecule has 0 aromatic carbocycles. The van der Waals surface area contributed by atoms with Crippen molar-refractivity contribution in [2.75, 3.05) is 11.9 Å². The van der Waals surface area contributed by atoms with Gasteiger partial charge in [-0.1, -0.05) is 0 Å². The van der Waals surface area contributed by atoms with E-state index >= 15 is 0 Å². The van der Waals surface area contributed by atoms with Gasteiger partial charge < -0.3 is 15.4 Å². The molecule has 0 radical (unpaired) electrons. The third kappa shape index (κ3) is 2.55. The molecule has 0 unspecified atom stereocenters. The maximum atomic E-state index is 12.2. The fourth-order valence-corrected chi connectivity index (χ4v) is 2.06. The number of ether oxygens (including phenoxy) is 1. The van der Waals surface area contributed by atoms with Crippen molar-refractivity contribution in [3.05, 3.63) is 17.8 Å². The number of halogens is 3. The Labute approximate surface area is 112 Å². The molecule has 5 nitrogen and oxygen atoms in total. The van der Waals surface area contributed by atoms with E-state index in [0.29, 0.717) is 24.5 Å². The Morgan fingerprint density at radius 1 is 1.40 bits per heavy atom. The molecule has 1 fully saturated rings. The molecule has 20 heavy (non-hydrogen) atoms. The lowest BCUT2D eigenvalue weighted by atomic mass is 10.3. The highest BCUT2D eigenvalue weighted by atomic mass is 19.4. The Hall–Kier alpha value is -1.83. The number of amides is 1. The van der Waals surface area contributed by atoms with Gasteiger partial charge in [0.15, 0.2) is 0 Å². The maximum Gasteiger partial charge on any atom is 0.471 e. The minimum Gasteiger partial charge on any atom is -0.484 e. The number of hydrogen-bond acceptors (Lipinski definition) is 4. The van der Waals surface area contributed by atoms with Gasteiger partial charge >= 0.3 is 12.1 Å². The number of anilines is 1. The summed E-state index contributed by atoms with van der Waals surface area (Å²) in [7, 11) is 0. The van der Waals surface area contributed by atoms with Crippen molar-refractivity contribution in [3.63, 3.8) is 0 Å². The molecule has 2 aliphatic rings. The van der Waals surface area contributed by atoms with Crippen molar-refractivity contribution in [3.8, 4) is 5.75 Å². The molecule has 2 N–H and O–H groups in total. The zero-order valence-electron chi connectivity index (χ0n) is 10.4. The van der Waals surface area contributed by atoms with E-state index in [1.165, 1.54) is 6.07 Å². The van der Waals surface area contributed by atoms with Crippen LogP contribution in [0.4, 0.5) is 19.0 Å². The summed E-state index contributed by atoms with van der Waals surface area (Å²) < 4.78 is 42.3. The Balaban J connectivity index is 1.79. The number of pyridine rings is 1. The molecule has 2 heterocycles. The highest BCUT2D eigenvalue weighted by molar-refractivity contribution is 5.94. The number of aromatic nitrogens is 1. The molecule has 0 atom stereocenters. The van der Waals surface area contributed by atoms with Gasteiger partial charge in [-0.3, -0.25) is 4.79 Å². The second kappa shape index (κ2) is 4.34. The van der Waals surface area contributed by atoms with Crippen molar-refractivity contribution in [2.45, 2.75) is 31.2 Å². The van der Waals surface area contributed by atoms with Crippen LogP contribution in [0.15, 0.2) is 12.1 Å². The van der Waals surface area contributed by atoms with Crippen LogP contribution in [0.5, 0.6) is 5.75 Å². The third-order valence-corrected chi connectivity index (χ3v) is 3.31. The monoisotopic (exact) mass is 287 g/mol. The van der Waals surface area contributed by atoms with Gasteiger partial charge in [-0.2, -0.15) is 13.2 Å². The Bertz CT molecular complexity index is 555. The quantitative estimate of drug-likeness (QED) is 0.823. The smallest absolute Gasteiger partial charge is 0.471 e. The number of rotatable bonds is 1. The molecule has 1 amide bonds. The molecule has 8 heteroatoms. The van der Waals surface area contributed by atoms with E-state index in [1.807, 2.05) is 0 Å². The van der Waals surface area contributed by atoms with Crippen molar-refractivity contribution in [1.82, 2.24) is 10.3 Å². The Kier molecular flexibility index (Phi) is 2.86. The van der Waals surface area contributed by atoms with Gasteiger partial charge in [-0.15, -0.1) is 0 Å². The fraction of sp³-hybridized carbons (Fsp3) is 0.500. The van der Waals surface area contributed by atoms with Crippen LogP contribution in [0, 0.1) is 0 Å². The molecule has 1 aliphatic heterocycles. The molecule has 0 bridgehead atoms. The normalized spacial score (nSPS) is 19.8. The average Bonchev–Trinajstić information content (AvgIpc) is 3.14. The molecule has 108 valence electrons. The topological polar surface area (TPSA) is 63.2 Å². The van der Waals surface area contributed by atoms with Crippen LogP contribution < -0.4 is 15.4 Å². The van der Waals surface area contributed by atoms with Crippen molar-refractivity contribution in [2.24, 2.45) is 0 Å². The van der Waals surface area contributed by atoms with Gasteiger partial charge in [0.1, 0.15) is 17.2 Å². The van der Waals surface area contributed by atoms with Crippen molar-refractivity contribution >= 4 is 11.7 Å². The summed E-state index contributed by atoms with van der Waals surface area (Å²) in [4.78, 5) is 14.9. The summed E-state index contributed by atoms with van der Waals surface area (Å²) >= 11 is 0. The molecule has 0 saturated heterocycles. The van der Waals surface area contributed by atoms with Crippen molar-refractivity contribution in [1.29, 1.82) is 0 Å². The van der Waals surface area contributed by atoms with E-state index in [-0.39, 0.29) is 11.4 Å². The maximum absolute atomic E-state index is 12.2. The lowest BCUT2D eigenvalue weighted by molar-refractivity contribution is -0.167. The summed E-state index contributed by atoms with van der Waals surface area (Å²) in [5.41, 5.74) is 0.303. The first kappa shape index (κ1) is 13.2. The zero-order valence-corrected chi connectivity index (χ0v) is 10.4. The van der Waals surface area contributed by atoms with Crippen LogP contribution in [0.1, 0.15) is 18.5 Å². The highest BCUT2D eigenvalue weighted by Crippen LogP contribution is 2.42. The van der Waals surface area contributed by atoms with E-state index in [9.17, 15) is 18.0 Å². The molecule has 1 aromatic rings. The van der Waals surface area contributed by atoms with E-state index in [2.05, 4.69) is 10.3 Å². The lowest BCUT2D eigenvalue weighted by Crippen LogP contribution is -2.30. The summed E-state index contributed by atoms with van der Waals surface area (Å²) in [6.45, 7) is 1.08. The molecular weight excluding hydrogens is 275 g/mol. The SMILES string of the molecule is O=C(Nc1ccc2c(n1)CNCC1(CC1)O2)C(F)(F)F. The zero-order chi connectivity index (χ0) is 14.4. The predicted octanol–water partition coefficient (Wildman–Crippen LogP) is 1.60. The van der Waals surface area contributed by atoms with Crippen LogP contribution in [0.3, 0.4) is 0 Å². The minimum atomic E-state index is -4.93. The van der Waals surface area contributed by atoms with E-state index in [4.69, 9.17) is 4.74 Å². The fourth-order valence-electron chi connectivity index (χ4n) is 2.06. The minimum absolute atomic E-state index is 0.136. The van der Waals surface area contributed by atoms with Crippen LogP contribution in [-0.2, 0) is 11.3 Å². The number of hydrogen-bond donors (Lipinski definition) is 2. The van der Waals surface area contributed by atoms with Crippen molar-refractivity contribution < 1.29 is 22.7 Å². The lowest BCUT2D eigenvalue weighted by Gasteiger charge is -2.15. The summed E-state index contributed by atoms with van der Waals surface area (Å²) in [6, 6.07) is 2.85. The van der Waals surface area contributed by atoms with E-state index in [1.54, 1.807) is 11.4 Å². The first-order valence-corrected chi connectivity index (χ1v) is 6.16. The van der Waals surface area contributed by atoms with Gasteiger partial charge in [0.05, 0.1) is 5.69 Å². The number of alkyl halides is 3. The van der Waals surface area contributed by atoms with E-state index < -0.39 is 12.1 Å². The second-order valence-corrected chi connectivity index (χ2v) is 4.98. The van der Waals surface area contributed by atoms with E-state index in [0.717, 1.165) is 12.8 Å². The number of carbonyl (C=O) groups is 1. The molecule has 1 spiro atoms. The first-order valence-electron chi connectivity index (χ1n) is 6.16.